The number of pyridine rings is 1. The molecule has 4 nitrogen and oxygen atoms in total. The molecule has 0 bridgehead atoms. The Hall–Kier alpha value is -1.89. The highest BCUT2D eigenvalue weighted by Gasteiger charge is 2.08. The van der Waals surface area contributed by atoms with Gasteiger partial charge in [-0.05, 0) is 23.6 Å². The lowest BCUT2D eigenvalue weighted by Crippen LogP contribution is -2.24. The van der Waals surface area contributed by atoms with Crippen LogP contribution >= 0.6 is 0 Å². The summed E-state index contributed by atoms with van der Waals surface area (Å²) < 4.78 is 0. The molecule has 0 aliphatic carbocycles. The zero-order valence-electron chi connectivity index (χ0n) is 8.82. The molecule has 78 valence electrons. The Morgan fingerprint density at radius 1 is 1.67 bits per heavy atom. The molecule has 1 aromatic heterocycles. The molecule has 0 radical (unpaired) electrons. The van der Waals surface area contributed by atoms with Crippen molar-refractivity contribution in [3.05, 3.63) is 29.6 Å². The van der Waals surface area contributed by atoms with E-state index in [0.717, 1.165) is 5.56 Å². The van der Waals surface area contributed by atoms with Crippen molar-refractivity contribution >= 4 is 5.91 Å². The number of carbonyl (C=O) groups is 1. The van der Waals surface area contributed by atoms with E-state index < -0.39 is 0 Å². The molecule has 0 saturated carbocycles. The summed E-state index contributed by atoms with van der Waals surface area (Å²) in [5.74, 6) is 0.0505. The highest BCUT2D eigenvalue weighted by molar-refractivity contribution is 5.92. The van der Waals surface area contributed by atoms with Crippen LogP contribution in [-0.4, -0.2) is 17.4 Å². The Balaban J connectivity index is 2.82. The molecular weight excluding hydrogens is 190 g/mol. The second-order valence-electron chi connectivity index (χ2n) is 3.47. The fourth-order valence-electron chi connectivity index (χ4n) is 1.14. The van der Waals surface area contributed by atoms with E-state index in [1.54, 1.807) is 12.3 Å². The lowest BCUT2D eigenvalue weighted by atomic mass is 10.0. The molecule has 0 fully saturated rings. The normalized spacial score (nSPS) is 9.73. The number of hydrogen-bond donors (Lipinski definition) is 1. The van der Waals surface area contributed by atoms with E-state index in [0.29, 0.717) is 11.6 Å². The highest BCUT2D eigenvalue weighted by Crippen LogP contribution is 2.13. The van der Waals surface area contributed by atoms with Crippen LogP contribution in [0.5, 0.6) is 0 Å². The first-order chi connectivity index (χ1) is 7.15. The Bertz CT molecular complexity index is 393. The maximum atomic E-state index is 11.5. The van der Waals surface area contributed by atoms with Gasteiger partial charge in [0.2, 0.25) is 0 Å². The predicted molar refractivity (Wildman–Crippen MR) is 56.3 cm³/mol. The van der Waals surface area contributed by atoms with Gasteiger partial charge in [-0.1, -0.05) is 13.8 Å². The quantitative estimate of drug-likeness (QED) is 0.756. The van der Waals surface area contributed by atoms with Gasteiger partial charge in [-0.25, -0.2) is 0 Å². The van der Waals surface area contributed by atoms with Crippen LogP contribution in [0.1, 0.15) is 35.8 Å². The third kappa shape index (κ3) is 3.06. The molecule has 1 aromatic rings. The summed E-state index contributed by atoms with van der Waals surface area (Å²) in [5.41, 5.74) is 1.42. The molecule has 1 rings (SSSR count). The third-order valence-corrected chi connectivity index (χ3v) is 2.01. The number of amides is 1. The number of aromatic nitrogens is 1. The fourth-order valence-corrected chi connectivity index (χ4v) is 1.14. The van der Waals surface area contributed by atoms with Crippen molar-refractivity contribution in [3.8, 4) is 6.07 Å². The maximum absolute atomic E-state index is 11.5. The van der Waals surface area contributed by atoms with Gasteiger partial charge in [-0.2, -0.15) is 5.26 Å². The van der Waals surface area contributed by atoms with Crippen molar-refractivity contribution in [2.24, 2.45) is 0 Å². The third-order valence-electron chi connectivity index (χ3n) is 2.01. The monoisotopic (exact) mass is 203 g/mol. The molecule has 1 N–H and O–H groups in total. The highest BCUT2D eigenvalue weighted by atomic mass is 16.1. The number of hydrogen-bond acceptors (Lipinski definition) is 3. The van der Waals surface area contributed by atoms with Crippen LogP contribution in [0.25, 0.3) is 0 Å². The summed E-state index contributed by atoms with van der Waals surface area (Å²) in [4.78, 5) is 15.4. The van der Waals surface area contributed by atoms with E-state index in [-0.39, 0.29) is 12.5 Å². The molecule has 0 aromatic carbocycles. The first-order valence-electron chi connectivity index (χ1n) is 4.76. The van der Waals surface area contributed by atoms with Gasteiger partial charge >= 0.3 is 0 Å². The Morgan fingerprint density at radius 2 is 2.40 bits per heavy atom. The second kappa shape index (κ2) is 5.11. The van der Waals surface area contributed by atoms with E-state index in [9.17, 15) is 4.79 Å². The predicted octanol–water partition coefficient (Wildman–Crippen LogP) is 1.46. The van der Waals surface area contributed by atoms with Crippen LogP contribution < -0.4 is 5.32 Å². The lowest BCUT2D eigenvalue weighted by Gasteiger charge is -2.06. The van der Waals surface area contributed by atoms with Crippen molar-refractivity contribution in [2.75, 3.05) is 6.54 Å². The molecule has 0 aliphatic rings. The van der Waals surface area contributed by atoms with Crippen LogP contribution in [0.4, 0.5) is 0 Å². The average molecular weight is 203 g/mol. The minimum Gasteiger partial charge on any atom is -0.338 e. The minimum absolute atomic E-state index is 0.00637. The van der Waals surface area contributed by atoms with Crippen molar-refractivity contribution < 1.29 is 4.79 Å². The molecule has 0 atom stereocenters. The van der Waals surface area contributed by atoms with Gasteiger partial charge in [0.25, 0.3) is 5.91 Å². The summed E-state index contributed by atoms with van der Waals surface area (Å²) >= 11 is 0. The zero-order chi connectivity index (χ0) is 11.3. The molecular formula is C11H13N3O. The lowest BCUT2D eigenvalue weighted by molar-refractivity contribution is 0.0953. The summed E-state index contributed by atoms with van der Waals surface area (Å²) in [6.07, 6.45) is 1.61. The van der Waals surface area contributed by atoms with Gasteiger partial charge in [-0.3, -0.25) is 9.78 Å². The summed E-state index contributed by atoms with van der Waals surface area (Å²) in [7, 11) is 0. The standard InChI is InChI=1S/C11H13N3O/c1-8(2)9-3-5-13-10(7-9)11(15)14-6-4-12/h3,5,7-8H,6H2,1-2H3,(H,14,15). The first kappa shape index (κ1) is 11.2. The van der Waals surface area contributed by atoms with Crippen LogP contribution in [-0.2, 0) is 0 Å². The molecule has 1 heterocycles. The topological polar surface area (TPSA) is 65.8 Å². The Morgan fingerprint density at radius 3 is 3.00 bits per heavy atom. The summed E-state index contributed by atoms with van der Waals surface area (Å²) in [6.45, 7) is 4.10. The molecule has 15 heavy (non-hydrogen) atoms. The minimum atomic E-state index is -0.306. The van der Waals surface area contributed by atoms with Crippen LogP contribution in [0, 0.1) is 11.3 Å². The van der Waals surface area contributed by atoms with E-state index in [2.05, 4.69) is 10.3 Å². The van der Waals surface area contributed by atoms with Gasteiger partial charge in [0.1, 0.15) is 12.2 Å². The molecule has 4 heteroatoms. The van der Waals surface area contributed by atoms with Gasteiger partial charge in [0.15, 0.2) is 0 Å². The fraction of sp³-hybridized carbons (Fsp3) is 0.364. The largest absolute Gasteiger partial charge is 0.338 e. The zero-order valence-corrected chi connectivity index (χ0v) is 8.82. The van der Waals surface area contributed by atoms with E-state index in [1.165, 1.54) is 0 Å². The number of nitriles is 1. The van der Waals surface area contributed by atoms with Crippen molar-refractivity contribution in [1.82, 2.24) is 10.3 Å². The molecule has 0 spiro atoms. The van der Waals surface area contributed by atoms with Gasteiger partial charge in [0.05, 0.1) is 6.07 Å². The van der Waals surface area contributed by atoms with Crippen LogP contribution in [0.15, 0.2) is 18.3 Å². The van der Waals surface area contributed by atoms with Crippen molar-refractivity contribution in [3.63, 3.8) is 0 Å². The Kier molecular flexibility index (Phi) is 3.81. The first-order valence-corrected chi connectivity index (χ1v) is 4.76. The molecule has 1 amide bonds. The van der Waals surface area contributed by atoms with E-state index >= 15 is 0 Å². The van der Waals surface area contributed by atoms with Crippen molar-refractivity contribution in [2.45, 2.75) is 19.8 Å². The summed E-state index contributed by atoms with van der Waals surface area (Å²) in [6, 6.07) is 5.47. The van der Waals surface area contributed by atoms with Crippen LogP contribution in [0.3, 0.4) is 0 Å². The van der Waals surface area contributed by atoms with Gasteiger partial charge < -0.3 is 5.32 Å². The molecule has 0 saturated heterocycles. The molecule has 0 unspecified atom stereocenters. The smallest absolute Gasteiger partial charge is 0.270 e. The van der Waals surface area contributed by atoms with E-state index in [1.807, 2.05) is 26.0 Å². The number of nitrogens with zero attached hydrogens (tertiary/aromatic N) is 2. The number of carbonyl (C=O) groups excluding carboxylic acids is 1. The maximum Gasteiger partial charge on any atom is 0.270 e. The van der Waals surface area contributed by atoms with Gasteiger partial charge in [0, 0.05) is 6.20 Å². The number of nitrogens with one attached hydrogen (secondary N) is 1. The number of rotatable bonds is 3. The Labute approximate surface area is 88.9 Å². The average Bonchev–Trinajstić information content (AvgIpc) is 2.26. The van der Waals surface area contributed by atoms with E-state index in [4.69, 9.17) is 5.26 Å². The van der Waals surface area contributed by atoms with Crippen molar-refractivity contribution in [1.29, 1.82) is 5.26 Å². The second-order valence-corrected chi connectivity index (χ2v) is 3.47. The molecule has 0 aliphatic heterocycles. The summed E-state index contributed by atoms with van der Waals surface area (Å²) in [5, 5.41) is 10.8. The van der Waals surface area contributed by atoms with Gasteiger partial charge in [-0.15, -0.1) is 0 Å². The SMILES string of the molecule is CC(C)c1ccnc(C(=O)NCC#N)c1. The van der Waals surface area contributed by atoms with Crippen LogP contribution in [0.2, 0.25) is 0 Å².